The molecular formula is C13H16N2Si. The molecule has 0 unspecified atom stereocenters. The predicted octanol–water partition coefficient (Wildman–Crippen LogP) is 2.69. The Morgan fingerprint density at radius 3 is 2.31 bits per heavy atom. The lowest BCUT2D eigenvalue weighted by Crippen LogP contribution is -2.38. The fraction of sp³-hybridized carbons (Fsp3) is 0.231. The van der Waals surface area contributed by atoms with Crippen molar-refractivity contribution in [1.82, 2.24) is 10.2 Å². The van der Waals surface area contributed by atoms with Gasteiger partial charge in [0.15, 0.2) is 0 Å². The Balaban J connectivity index is 2.45. The van der Waals surface area contributed by atoms with Crippen molar-refractivity contribution in [2.75, 3.05) is 0 Å². The van der Waals surface area contributed by atoms with Gasteiger partial charge in [-0.25, -0.2) is 0 Å². The smallest absolute Gasteiger partial charge is 0.0928 e. The Morgan fingerprint density at radius 1 is 1.00 bits per heavy atom. The molecule has 3 heteroatoms. The van der Waals surface area contributed by atoms with Crippen LogP contribution in [0.1, 0.15) is 0 Å². The summed E-state index contributed by atoms with van der Waals surface area (Å²) in [5.74, 6) is 0. The van der Waals surface area contributed by atoms with Gasteiger partial charge in [0.25, 0.3) is 0 Å². The zero-order chi connectivity index (χ0) is 11.6. The molecule has 0 bridgehead atoms. The molecule has 16 heavy (non-hydrogen) atoms. The largest absolute Gasteiger partial charge is 0.159 e. The summed E-state index contributed by atoms with van der Waals surface area (Å²) >= 11 is 0. The summed E-state index contributed by atoms with van der Waals surface area (Å²) in [4.78, 5) is 0. The molecule has 0 aliphatic carbocycles. The first-order valence-corrected chi connectivity index (χ1v) is 8.96. The molecule has 0 aliphatic heterocycles. The van der Waals surface area contributed by atoms with E-state index >= 15 is 0 Å². The second-order valence-electron chi connectivity index (χ2n) is 4.95. The first-order valence-electron chi connectivity index (χ1n) is 5.46. The summed E-state index contributed by atoms with van der Waals surface area (Å²) in [5.41, 5.74) is 2.11. The van der Waals surface area contributed by atoms with Gasteiger partial charge in [0, 0.05) is 11.8 Å². The van der Waals surface area contributed by atoms with Crippen LogP contribution in [0.25, 0.3) is 11.3 Å². The third-order valence-electron chi connectivity index (χ3n) is 2.59. The quantitative estimate of drug-likeness (QED) is 0.739. The minimum Gasteiger partial charge on any atom is -0.159 e. The van der Waals surface area contributed by atoms with E-state index in [1.165, 1.54) is 5.19 Å². The van der Waals surface area contributed by atoms with Gasteiger partial charge in [-0.2, -0.15) is 10.2 Å². The lowest BCUT2D eigenvalue weighted by molar-refractivity contribution is 1.04. The van der Waals surface area contributed by atoms with Crippen molar-refractivity contribution in [2.24, 2.45) is 0 Å². The third kappa shape index (κ3) is 2.36. The molecule has 0 amide bonds. The summed E-state index contributed by atoms with van der Waals surface area (Å²) in [5, 5.41) is 9.66. The molecule has 0 saturated carbocycles. The van der Waals surface area contributed by atoms with Crippen molar-refractivity contribution in [1.29, 1.82) is 0 Å². The third-order valence-corrected chi connectivity index (χ3v) is 4.60. The molecule has 1 heterocycles. The van der Waals surface area contributed by atoms with Crippen LogP contribution in [0, 0.1) is 0 Å². The van der Waals surface area contributed by atoms with Crippen LogP contribution in [0.2, 0.25) is 19.6 Å². The topological polar surface area (TPSA) is 25.8 Å². The maximum atomic E-state index is 4.20. The molecule has 0 atom stereocenters. The van der Waals surface area contributed by atoms with Gasteiger partial charge in [-0.1, -0.05) is 50.0 Å². The lowest BCUT2D eigenvalue weighted by atomic mass is 10.1. The molecule has 2 nitrogen and oxygen atoms in total. The maximum absolute atomic E-state index is 4.20. The number of nitrogens with zero attached hydrogens (tertiary/aromatic N) is 2. The highest BCUT2D eigenvalue weighted by Crippen LogP contribution is 2.14. The van der Waals surface area contributed by atoms with Crippen molar-refractivity contribution in [3.63, 3.8) is 0 Å². The van der Waals surface area contributed by atoms with E-state index in [0.29, 0.717) is 0 Å². The molecule has 0 saturated heterocycles. The highest BCUT2D eigenvalue weighted by atomic mass is 28.3. The van der Waals surface area contributed by atoms with Crippen LogP contribution in [-0.4, -0.2) is 18.3 Å². The van der Waals surface area contributed by atoms with E-state index in [4.69, 9.17) is 0 Å². The summed E-state index contributed by atoms with van der Waals surface area (Å²) in [7, 11) is -1.30. The van der Waals surface area contributed by atoms with E-state index in [9.17, 15) is 0 Å². The minimum atomic E-state index is -1.30. The molecule has 82 valence electrons. The van der Waals surface area contributed by atoms with Crippen LogP contribution in [0.5, 0.6) is 0 Å². The predicted molar refractivity (Wildman–Crippen MR) is 70.4 cm³/mol. The fourth-order valence-electron chi connectivity index (χ4n) is 1.53. The highest BCUT2D eigenvalue weighted by Gasteiger charge is 2.17. The van der Waals surface area contributed by atoms with Gasteiger partial charge in [-0.15, -0.1) is 0 Å². The monoisotopic (exact) mass is 228 g/mol. The highest BCUT2D eigenvalue weighted by molar-refractivity contribution is 6.88. The van der Waals surface area contributed by atoms with Crippen molar-refractivity contribution in [3.05, 3.63) is 42.6 Å². The lowest BCUT2D eigenvalue weighted by Gasteiger charge is -2.16. The van der Waals surface area contributed by atoms with Gasteiger partial charge in [0.05, 0.1) is 13.8 Å². The maximum Gasteiger partial charge on any atom is 0.0928 e. The fourth-order valence-corrected chi connectivity index (χ4v) is 2.54. The second-order valence-corrected chi connectivity index (χ2v) is 10.0. The number of aromatic nitrogens is 2. The molecule has 0 N–H and O–H groups in total. The SMILES string of the molecule is C[Si](C)(C)c1cnnc(-c2ccccc2)c1. The van der Waals surface area contributed by atoms with Crippen LogP contribution in [-0.2, 0) is 0 Å². The molecular weight excluding hydrogens is 212 g/mol. The van der Waals surface area contributed by atoms with Crippen LogP contribution in [0.3, 0.4) is 0 Å². The van der Waals surface area contributed by atoms with Gasteiger partial charge >= 0.3 is 0 Å². The number of hydrogen-bond donors (Lipinski definition) is 0. The van der Waals surface area contributed by atoms with Gasteiger partial charge in [-0.05, 0) is 11.3 Å². The first-order chi connectivity index (χ1) is 7.57. The normalized spacial score (nSPS) is 11.4. The number of benzene rings is 1. The molecule has 0 aliphatic rings. The standard InChI is InChI=1S/C13H16N2Si/c1-16(2,3)12-9-13(15-14-10-12)11-7-5-4-6-8-11/h4-10H,1-3H3. The average Bonchev–Trinajstić information content (AvgIpc) is 2.29. The Morgan fingerprint density at radius 2 is 1.69 bits per heavy atom. The molecule has 2 aromatic rings. The van der Waals surface area contributed by atoms with Crippen molar-refractivity contribution >= 4 is 13.3 Å². The van der Waals surface area contributed by atoms with Crippen molar-refractivity contribution < 1.29 is 0 Å². The van der Waals surface area contributed by atoms with Crippen LogP contribution < -0.4 is 5.19 Å². The molecule has 0 radical (unpaired) electrons. The molecule has 0 fully saturated rings. The van der Waals surface area contributed by atoms with E-state index < -0.39 is 8.07 Å². The van der Waals surface area contributed by atoms with Gasteiger partial charge in [-0.3, -0.25) is 0 Å². The number of hydrogen-bond acceptors (Lipinski definition) is 2. The summed E-state index contributed by atoms with van der Waals surface area (Å²) in [6.07, 6.45) is 1.90. The first kappa shape index (κ1) is 11.0. The Hall–Kier alpha value is -1.48. The van der Waals surface area contributed by atoms with E-state index in [1.807, 2.05) is 24.4 Å². The zero-order valence-electron chi connectivity index (χ0n) is 9.94. The van der Waals surface area contributed by atoms with E-state index in [0.717, 1.165) is 11.3 Å². The molecule has 1 aromatic heterocycles. The van der Waals surface area contributed by atoms with Crippen molar-refractivity contribution in [3.8, 4) is 11.3 Å². The number of rotatable bonds is 2. The van der Waals surface area contributed by atoms with E-state index in [-0.39, 0.29) is 0 Å². The Bertz CT molecular complexity index is 475. The summed E-state index contributed by atoms with van der Waals surface area (Å²) in [6, 6.07) is 12.4. The van der Waals surface area contributed by atoms with Gasteiger partial charge < -0.3 is 0 Å². The minimum absolute atomic E-state index is 0.973. The summed E-state index contributed by atoms with van der Waals surface area (Å²) < 4.78 is 0. The molecule has 2 rings (SSSR count). The average molecular weight is 228 g/mol. The zero-order valence-corrected chi connectivity index (χ0v) is 10.9. The Kier molecular flexibility index (Phi) is 2.88. The molecule has 0 spiro atoms. The summed E-state index contributed by atoms with van der Waals surface area (Å²) in [6.45, 7) is 6.95. The van der Waals surface area contributed by atoms with Crippen LogP contribution in [0.4, 0.5) is 0 Å². The van der Waals surface area contributed by atoms with Gasteiger partial charge in [0.2, 0.25) is 0 Å². The van der Waals surface area contributed by atoms with Crippen LogP contribution in [0.15, 0.2) is 42.6 Å². The molecule has 1 aromatic carbocycles. The van der Waals surface area contributed by atoms with Gasteiger partial charge in [0.1, 0.15) is 0 Å². The Labute approximate surface area is 97.4 Å². The second kappa shape index (κ2) is 4.18. The van der Waals surface area contributed by atoms with E-state index in [1.54, 1.807) is 0 Å². The van der Waals surface area contributed by atoms with Crippen molar-refractivity contribution in [2.45, 2.75) is 19.6 Å². The van der Waals surface area contributed by atoms with Crippen LogP contribution >= 0.6 is 0 Å². The van der Waals surface area contributed by atoms with E-state index in [2.05, 4.69) is 48.0 Å².